The maximum absolute atomic E-state index is 13.0. The topological polar surface area (TPSA) is 57.7 Å². The van der Waals surface area contributed by atoms with Crippen LogP contribution in [-0.4, -0.2) is 56.3 Å². The van der Waals surface area contributed by atoms with E-state index in [1.807, 2.05) is 48.2 Å². The molecule has 0 saturated carbocycles. The van der Waals surface area contributed by atoms with Crippen LogP contribution in [0.2, 0.25) is 5.02 Å². The number of rotatable bonds is 6. The zero-order valence-corrected chi connectivity index (χ0v) is 23.4. The molecular formula is C31H35ClN2O3S. The lowest BCUT2D eigenvalue weighted by molar-refractivity contribution is 0.0551. The largest absolute Gasteiger partial charge is 0.339 e. The molecule has 0 aliphatic carbocycles. The molecule has 2 fully saturated rings. The number of likely N-dealkylation sites (tertiary alicyclic amines) is 2. The summed E-state index contributed by atoms with van der Waals surface area (Å²) in [7, 11) is -3.57. The summed E-state index contributed by atoms with van der Waals surface area (Å²) in [5.41, 5.74) is 3.04. The molecular weight excluding hydrogens is 516 g/mol. The lowest BCUT2D eigenvalue weighted by atomic mass is 9.88. The van der Waals surface area contributed by atoms with Crippen LogP contribution in [0.5, 0.6) is 0 Å². The molecule has 0 radical (unpaired) electrons. The number of sulfone groups is 1. The molecule has 0 N–H and O–H groups in total. The van der Waals surface area contributed by atoms with Crippen LogP contribution in [0.25, 0.3) is 0 Å². The average molecular weight is 551 g/mol. The quantitative estimate of drug-likeness (QED) is 0.375. The first-order chi connectivity index (χ1) is 18.3. The molecule has 38 heavy (non-hydrogen) atoms. The minimum Gasteiger partial charge on any atom is -0.339 e. The predicted molar refractivity (Wildman–Crippen MR) is 151 cm³/mol. The minimum atomic E-state index is -3.57. The summed E-state index contributed by atoms with van der Waals surface area (Å²) in [5.74, 6) is 0.760. The van der Waals surface area contributed by atoms with Crippen LogP contribution in [0.15, 0.2) is 82.6 Å². The van der Waals surface area contributed by atoms with Gasteiger partial charge in [-0.2, -0.15) is 0 Å². The average Bonchev–Trinajstić information content (AvgIpc) is 2.94. The van der Waals surface area contributed by atoms with Gasteiger partial charge >= 0.3 is 0 Å². The van der Waals surface area contributed by atoms with Crippen molar-refractivity contribution in [2.45, 2.75) is 54.9 Å². The number of nitrogens with zero attached hydrogens (tertiary/aromatic N) is 2. The summed E-state index contributed by atoms with van der Waals surface area (Å²) < 4.78 is 25.9. The van der Waals surface area contributed by atoms with Crippen molar-refractivity contribution >= 4 is 27.3 Å². The molecule has 0 atom stereocenters. The van der Waals surface area contributed by atoms with E-state index in [-0.39, 0.29) is 10.8 Å². The fourth-order valence-corrected chi connectivity index (χ4v) is 7.41. The van der Waals surface area contributed by atoms with Crippen molar-refractivity contribution in [3.8, 4) is 0 Å². The molecule has 0 aromatic heterocycles. The highest BCUT2D eigenvalue weighted by Gasteiger charge is 2.30. The first kappa shape index (κ1) is 26.9. The van der Waals surface area contributed by atoms with Gasteiger partial charge in [-0.05, 0) is 106 Å². The van der Waals surface area contributed by atoms with Gasteiger partial charge in [-0.1, -0.05) is 48.0 Å². The fraction of sp³-hybridized carbons (Fsp3) is 0.387. The van der Waals surface area contributed by atoms with Gasteiger partial charge in [0, 0.05) is 29.7 Å². The molecule has 2 aliphatic heterocycles. The van der Waals surface area contributed by atoms with Gasteiger partial charge in [0.2, 0.25) is 9.84 Å². The Balaban J connectivity index is 1.10. The summed E-state index contributed by atoms with van der Waals surface area (Å²) in [5, 5.41) is 0.412. The van der Waals surface area contributed by atoms with Crippen molar-refractivity contribution in [2.75, 3.05) is 26.2 Å². The zero-order chi connectivity index (χ0) is 26.7. The van der Waals surface area contributed by atoms with Crippen LogP contribution in [0, 0.1) is 12.8 Å². The fourth-order valence-electron chi connectivity index (χ4n) is 5.85. The minimum absolute atomic E-state index is 0.159. The monoisotopic (exact) mass is 550 g/mol. The molecule has 0 unspecified atom stereocenters. The van der Waals surface area contributed by atoms with Gasteiger partial charge in [0.15, 0.2) is 0 Å². The molecule has 0 bridgehead atoms. The number of halogens is 1. The third-order valence-corrected chi connectivity index (χ3v) is 10.2. The molecule has 5 rings (SSSR count). The highest BCUT2D eigenvalue weighted by atomic mass is 35.5. The lowest BCUT2D eigenvalue weighted by Crippen LogP contribution is -2.49. The Labute approximate surface area is 231 Å². The van der Waals surface area contributed by atoms with E-state index >= 15 is 0 Å². The van der Waals surface area contributed by atoms with Crippen molar-refractivity contribution in [3.05, 3.63) is 94.5 Å². The van der Waals surface area contributed by atoms with Gasteiger partial charge < -0.3 is 9.80 Å². The second-order valence-corrected chi connectivity index (χ2v) is 13.0. The van der Waals surface area contributed by atoms with E-state index < -0.39 is 9.84 Å². The second-order valence-electron chi connectivity index (χ2n) is 10.6. The number of amides is 1. The third-order valence-electron chi connectivity index (χ3n) is 8.16. The van der Waals surface area contributed by atoms with Gasteiger partial charge in [0.05, 0.1) is 9.79 Å². The van der Waals surface area contributed by atoms with Crippen LogP contribution >= 0.6 is 11.6 Å². The number of benzene rings is 3. The SMILES string of the molecule is Cc1ccccc1C(=O)N1CCC(N2CCC(Cc3ccc(S(=O)(=O)c4cccc(Cl)c4)cc3)CC2)CC1. The van der Waals surface area contributed by atoms with E-state index in [1.54, 1.807) is 30.3 Å². The molecule has 5 nitrogen and oxygen atoms in total. The molecule has 2 saturated heterocycles. The van der Waals surface area contributed by atoms with Gasteiger partial charge in [-0.3, -0.25) is 4.79 Å². The molecule has 7 heteroatoms. The molecule has 1 amide bonds. The van der Waals surface area contributed by atoms with E-state index in [0.717, 1.165) is 69.4 Å². The lowest BCUT2D eigenvalue weighted by Gasteiger charge is -2.42. The zero-order valence-electron chi connectivity index (χ0n) is 21.9. The smallest absolute Gasteiger partial charge is 0.254 e. The van der Waals surface area contributed by atoms with Gasteiger partial charge in [-0.25, -0.2) is 8.42 Å². The van der Waals surface area contributed by atoms with Gasteiger partial charge in [0.1, 0.15) is 0 Å². The summed E-state index contributed by atoms with van der Waals surface area (Å²) in [6.45, 7) is 5.82. The molecule has 200 valence electrons. The van der Waals surface area contributed by atoms with Gasteiger partial charge in [-0.15, -0.1) is 0 Å². The Hall–Kier alpha value is -2.67. The number of carbonyl (C=O) groups excluding carboxylic acids is 1. The number of carbonyl (C=O) groups is 1. The second kappa shape index (κ2) is 11.6. The number of piperidine rings is 2. The Morgan fingerprint density at radius 2 is 1.53 bits per heavy atom. The molecule has 2 heterocycles. The maximum Gasteiger partial charge on any atom is 0.254 e. The van der Waals surface area contributed by atoms with Crippen molar-refractivity contribution in [3.63, 3.8) is 0 Å². The first-order valence-electron chi connectivity index (χ1n) is 13.5. The van der Waals surface area contributed by atoms with E-state index in [4.69, 9.17) is 11.6 Å². The molecule has 3 aromatic rings. The van der Waals surface area contributed by atoms with Crippen molar-refractivity contribution in [1.29, 1.82) is 0 Å². The molecule has 3 aromatic carbocycles. The van der Waals surface area contributed by atoms with E-state index in [2.05, 4.69) is 4.90 Å². The Bertz CT molecular complexity index is 1370. The Morgan fingerprint density at radius 3 is 2.18 bits per heavy atom. The van der Waals surface area contributed by atoms with Crippen molar-refractivity contribution < 1.29 is 13.2 Å². The third kappa shape index (κ3) is 5.98. The van der Waals surface area contributed by atoms with Crippen LogP contribution in [0.3, 0.4) is 0 Å². The highest BCUT2D eigenvalue weighted by molar-refractivity contribution is 7.91. The van der Waals surface area contributed by atoms with E-state index in [1.165, 1.54) is 11.6 Å². The van der Waals surface area contributed by atoms with Crippen LogP contribution in [-0.2, 0) is 16.3 Å². The standard InChI is InChI=1S/C31H35ClN2O3S/c1-23-5-2-3-8-30(23)31(35)34-19-15-27(16-20-34)33-17-13-25(14-18-33)21-24-9-11-28(12-10-24)38(36,37)29-7-4-6-26(32)22-29/h2-12,22,25,27H,13-21H2,1H3. The van der Waals surface area contributed by atoms with E-state index in [0.29, 0.717) is 21.9 Å². The normalized spacial score (nSPS) is 18.0. The summed E-state index contributed by atoms with van der Waals surface area (Å²) in [6.07, 6.45) is 5.32. The van der Waals surface area contributed by atoms with Crippen LogP contribution < -0.4 is 0 Å². The van der Waals surface area contributed by atoms with Crippen molar-refractivity contribution in [1.82, 2.24) is 9.80 Å². The predicted octanol–water partition coefficient (Wildman–Crippen LogP) is 6.04. The maximum atomic E-state index is 13.0. The van der Waals surface area contributed by atoms with Crippen LogP contribution in [0.1, 0.15) is 47.2 Å². The number of aryl methyl sites for hydroxylation is 1. The Kier molecular flexibility index (Phi) is 8.22. The van der Waals surface area contributed by atoms with Crippen LogP contribution in [0.4, 0.5) is 0 Å². The first-order valence-corrected chi connectivity index (χ1v) is 15.4. The summed E-state index contributed by atoms with van der Waals surface area (Å²) >= 11 is 6.00. The van der Waals surface area contributed by atoms with Gasteiger partial charge in [0.25, 0.3) is 5.91 Å². The molecule has 0 spiro atoms. The Morgan fingerprint density at radius 1 is 0.842 bits per heavy atom. The highest BCUT2D eigenvalue weighted by Crippen LogP contribution is 2.28. The summed E-state index contributed by atoms with van der Waals surface area (Å²) in [4.78, 5) is 18.1. The van der Waals surface area contributed by atoms with E-state index in [9.17, 15) is 13.2 Å². The molecule has 2 aliphatic rings. The number of hydrogen-bond donors (Lipinski definition) is 0. The van der Waals surface area contributed by atoms with Crippen molar-refractivity contribution in [2.24, 2.45) is 5.92 Å². The number of hydrogen-bond acceptors (Lipinski definition) is 4. The summed E-state index contributed by atoms with van der Waals surface area (Å²) in [6, 6.07) is 22.1.